The fourth-order valence-corrected chi connectivity index (χ4v) is 4.26. The minimum Gasteiger partial charge on any atom is -0.470 e. The maximum Gasteiger partial charge on any atom is 2.00 e. The number of H-pyrrole nitrogens is 1. The third-order valence-corrected chi connectivity index (χ3v) is 5.90. The molecule has 0 spiro atoms. The molecule has 170 valence electrons. The van der Waals surface area contributed by atoms with Crippen LogP contribution >= 0.6 is 0 Å². The first-order valence-electron chi connectivity index (χ1n) is 10.3. The summed E-state index contributed by atoms with van der Waals surface area (Å²) in [5.74, 6) is -0.989. The Hall–Kier alpha value is -1.89. The molecule has 0 saturated carbocycles. The van der Waals surface area contributed by atoms with Crippen molar-refractivity contribution >= 4 is 16.6 Å². The molecular weight excluding hydrogens is 656 g/mol. The first-order valence-corrected chi connectivity index (χ1v) is 10.3. The van der Waals surface area contributed by atoms with Gasteiger partial charge in [0.2, 0.25) is 0 Å². The predicted octanol–water partition coefficient (Wildman–Crippen LogP) is 3.86. The van der Waals surface area contributed by atoms with Crippen LogP contribution in [0.5, 0.6) is 5.88 Å². The Labute approximate surface area is 213 Å². The average Bonchev–Trinajstić information content (AvgIpc) is 3.45. The van der Waals surface area contributed by atoms with E-state index in [9.17, 15) is 13.9 Å². The SMILES string of the molecule is [CH2-]C=C(C[CH2-])c1cc(F)c(-c2ccc3[nH]c(O[C@@H]4COC5[C@H](O)CO[C@@H]54)cc3n2)c(F)c1.[U+2]. The number of aliphatic hydroxyl groups is 1. The van der Waals surface area contributed by atoms with Crippen LogP contribution in [0.3, 0.4) is 0 Å². The molecule has 1 unspecified atom stereocenters. The van der Waals surface area contributed by atoms with E-state index in [2.05, 4.69) is 23.8 Å². The number of allylic oxidation sites excluding steroid dienone is 2. The summed E-state index contributed by atoms with van der Waals surface area (Å²) in [6, 6.07) is 7.44. The Morgan fingerprint density at radius 2 is 1.91 bits per heavy atom. The number of fused-ring (bicyclic) bond motifs is 2. The molecule has 0 amide bonds. The third-order valence-electron chi connectivity index (χ3n) is 5.90. The topological polar surface area (TPSA) is 76.6 Å². The standard InChI is InChI=1S/C24H22F2N2O4.U/c1-3-12(4-2)13-7-14(25)22(15(26)8-13)17-6-5-16-18(27-17)9-21(28-16)32-20-11-31-23-19(29)10-30-24(20)23;/h3,5-9,19-20,23-24,28-29H,1-2,4,10-11H2;/q-2;+2/t19-,20-,23?,24-;/m1./s1. The van der Waals surface area contributed by atoms with Crippen LogP contribution in [-0.2, 0) is 9.47 Å². The molecule has 4 atom stereocenters. The van der Waals surface area contributed by atoms with E-state index in [1.165, 1.54) is 12.1 Å². The molecule has 4 heterocycles. The number of benzene rings is 1. The van der Waals surface area contributed by atoms with E-state index < -0.39 is 23.8 Å². The molecule has 9 heteroatoms. The summed E-state index contributed by atoms with van der Waals surface area (Å²) in [4.78, 5) is 7.52. The summed E-state index contributed by atoms with van der Waals surface area (Å²) in [6.07, 6.45) is 0.125. The van der Waals surface area contributed by atoms with Crippen molar-refractivity contribution < 1.29 is 59.2 Å². The van der Waals surface area contributed by atoms with Crippen molar-refractivity contribution in [3.05, 3.63) is 67.5 Å². The number of pyridine rings is 1. The molecule has 0 radical (unpaired) electrons. The summed E-state index contributed by atoms with van der Waals surface area (Å²) in [5.41, 5.74) is 2.19. The molecule has 2 saturated heterocycles. The molecule has 6 nitrogen and oxygen atoms in total. The number of ether oxygens (including phenoxy) is 3. The summed E-state index contributed by atoms with van der Waals surface area (Å²) in [5, 5.41) is 9.86. The Bertz CT molecular complexity index is 1180. The fourth-order valence-electron chi connectivity index (χ4n) is 4.26. The monoisotopic (exact) mass is 678 g/mol. The number of nitrogens with one attached hydrogen (secondary N) is 1. The maximum atomic E-state index is 14.8. The molecule has 2 aliphatic rings. The zero-order valence-corrected chi connectivity index (χ0v) is 21.8. The van der Waals surface area contributed by atoms with Crippen molar-refractivity contribution in [2.24, 2.45) is 0 Å². The molecule has 2 aliphatic heterocycles. The van der Waals surface area contributed by atoms with E-state index in [0.29, 0.717) is 41.1 Å². The van der Waals surface area contributed by atoms with Crippen molar-refractivity contribution in [1.82, 2.24) is 9.97 Å². The Morgan fingerprint density at radius 3 is 2.61 bits per heavy atom. The molecule has 2 N–H and O–H groups in total. The van der Waals surface area contributed by atoms with Crippen molar-refractivity contribution in [3.63, 3.8) is 0 Å². The molecule has 1 aromatic carbocycles. The van der Waals surface area contributed by atoms with Crippen LogP contribution in [0, 0.1) is 56.6 Å². The van der Waals surface area contributed by atoms with Gasteiger partial charge in [0.05, 0.1) is 35.5 Å². The second kappa shape index (κ2) is 9.77. The van der Waals surface area contributed by atoms with Gasteiger partial charge in [0.15, 0.2) is 12.0 Å². The normalized spacial score (nSPS) is 24.7. The smallest absolute Gasteiger partial charge is 0.470 e. The summed E-state index contributed by atoms with van der Waals surface area (Å²) >= 11 is 0. The van der Waals surface area contributed by atoms with Crippen molar-refractivity contribution in [1.29, 1.82) is 0 Å². The van der Waals surface area contributed by atoms with Gasteiger partial charge in [-0.05, 0) is 24.3 Å². The first kappa shape index (κ1) is 24.2. The summed E-state index contributed by atoms with van der Waals surface area (Å²) < 4.78 is 46.8. The zero-order chi connectivity index (χ0) is 22.4. The molecule has 2 fully saturated rings. The number of aromatic amines is 1. The number of aliphatic hydroxyl groups excluding tert-OH is 1. The zero-order valence-electron chi connectivity index (χ0n) is 17.7. The fraction of sp³-hybridized carbons (Fsp3) is 0.292. The van der Waals surface area contributed by atoms with Crippen molar-refractivity contribution in [2.45, 2.75) is 30.8 Å². The van der Waals surface area contributed by atoms with Gasteiger partial charge in [-0.2, -0.15) is 0 Å². The quantitative estimate of drug-likeness (QED) is 0.402. The van der Waals surface area contributed by atoms with Gasteiger partial charge in [0.1, 0.15) is 29.9 Å². The number of nitrogens with zero attached hydrogens (tertiary/aromatic N) is 1. The van der Waals surface area contributed by atoms with E-state index in [-0.39, 0.29) is 61.2 Å². The third kappa shape index (κ3) is 4.45. The van der Waals surface area contributed by atoms with Gasteiger partial charge >= 0.3 is 31.1 Å². The van der Waals surface area contributed by atoms with Crippen molar-refractivity contribution in [2.75, 3.05) is 13.2 Å². The minimum atomic E-state index is -0.710. The van der Waals surface area contributed by atoms with Crippen LogP contribution < -0.4 is 4.74 Å². The van der Waals surface area contributed by atoms with Gasteiger partial charge in [-0.1, -0.05) is 0 Å². The van der Waals surface area contributed by atoms with Gasteiger partial charge in [0.25, 0.3) is 0 Å². The molecule has 33 heavy (non-hydrogen) atoms. The molecule has 5 rings (SSSR count). The number of rotatable bonds is 5. The van der Waals surface area contributed by atoms with Crippen LogP contribution in [0.2, 0.25) is 0 Å². The van der Waals surface area contributed by atoms with Crippen LogP contribution in [0.1, 0.15) is 12.0 Å². The second-order valence-corrected chi connectivity index (χ2v) is 7.88. The largest absolute Gasteiger partial charge is 2.00 e. The minimum absolute atomic E-state index is 0. The van der Waals surface area contributed by atoms with Crippen molar-refractivity contribution in [3.8, 4) is 17.1 Å². The van der Waals surface area contributed by atoms with E-state index in [1.807, 2.05) is 0 Å². The van der Waals surface area contributed by atoms with Gasteiger partial charge in [-0.25, -0.2) is 38.8 Å². The number of hydrogen-bond acceptors (Lipinski definition) is 5. The van der Waals surface area contributed by atoms with Gasteiger partial charge in [-0.15, -0.1) is 5.56 Å². The molecule has 3 aromatic rings. The summed E-state index contributed by atoms with van der Waals surface area (Å²) in [6.45, 7) is 7.93. The Balaban J connectivity index is 0.00000259. The van der Waals surface area contributed by atoms with Crippen LogP contribution in [0.15, 0.2) is 36.4 Å². The second-order valence-electron chi connectivity index (χ2n) is 7.88. The molecular formula is C24H22F2N2O4U. The van der Waals surface area contributed by atoms with E-state index in [0.717, 1.165) is 0 Å². The van der Waals surface area contributed by atoms with Gasteiger partial charge < -0.3 is 31.2 Å². The van der Waals surface area contributed by atoms with Gasteiger partial charge in [-0.3, -0.25) is 0 Å². The first-order chi connectivity index (χ1) is 15.5. The Kier molecular flexibility index (Phi) is 7.18. The van der Waals surface area contributed by atoms with Crippen LogP contribution in [0.4, 0.5) is 8.78 Å². The molecule has 0 bridgehead atoms. The maximum absolute atomic E-state index is 14.8. The van der Waals surface area contributed by atoms with Gasteiger partial charge in [0, 0.05) is 6.07 Å². The van der Waals surface area contributed by atoms with Crippen LogP contribution in [0.25, 0.3) is 27.9 Å². The van der Waals surface area contributed by atoms with E-state index >= 15 is 0 Å². The predicted molar refractivity (Wildman–Crippen MR) is 115 cm³/mol. The Morgan fingerprint density at radius 1 is 1.18 bits per heavy atom. The van der Waals surface area contributed by atoms with E-state index in [4.69, 9.17) is 14.2 Å². The molecule has 2 aromatic heterocycles. The summed E-state index contributed by atoms with van der Waals surface area (Å²) in [7, 11) is 0. The molecule has 0 aliphatic carbocycles. The van der Waals surface area contributed by atoms with Crippen LogP contribution in [-0.4, -0.2) is 52.7 Å². The van der Waals surface area contributed by atoms with E-state index in [1.54, 1.807) is 24.3 Å². The number of hydrogen-bond donors (Lipinski definition) is 2. The average molecular weight is 678 g/mol. The number of aromatic nitrogens is 2. The number of halogens is 2.